The van der Waals surface area contributed by atoms with E-state index < -0.39 is 46.4 Å². The van der Waals surface area contributed by atoms with E-state index in [2.05, 4.69) is 0 Å². The molecule has 0 heterocycles. The van der Waals surface area contributed by atoms with Gasteiger partial charge in [-0.25, -0.2) is 8.42 Å². The number of aliphatic hydroxyl groups excluding tert-OH is 1. The lowest BCUT2D eigenvalue weighted by molar-refractivity contribution is -0.152. The van der Waals surface area contributed by atoms with Crippen LogP contribution in [0.25, 0.3) is 0 Å². The van der Waals surface area contributed by atoms with Gasteiger partial charge in [-0.2, -0.15) is 9.98 Å². The summed E-state index contributed by atoms with van der Waals surface area (Å²) >= 11 is 5.70. The number of carbonyl (C=O) groups excluding carboxylic acids is 2. The van der Waals surface area contributed by atoms with Crippen LogP contribution in [0.4, 0.5) is 0 Å². The average molecular weight is 416 g/mol. The minimum Gasteiger partial charge on any atom is -0.456 e. The molecule has 0 aliphatic rings. The molecule has 0 saturated carbocycles. The van der Waals surface area contributed by atoms with E-state index in [-0.39, 0.29) is 10.6 Å². The van der Waals surface area contributed by atoms with E-state index in [1.807, 2.05) is 4.72 Å². The first-order valence-corrected chi connectivity index (χ1v) is 9.45. The van der Waals surface area contributed by atoms with Gasteiger partial charge in [-0.1, -0.05) is 11.6 Å². The molecule has 146 valence electrons. The van der Waals surface area contributed by atoms with Gasteiger partial charge in [0.1, 0.15) is 12.0 Å². The molecule has 1 aromatic rings. The molecule has 0 saturated heterocycles. The zero-order chi connectivity index (χ0) is 20.8. The summed E-state index contributed by atoms with van der Waals surface area (Å²) in [5.41, 5.74) is -0.214. The Morgan fingerprint density at radius 2 is 1.93 bits per heavy atom. The molecule has 0 aliphatic heterocycles. The highest BCUT2D eigenvalue weighted by molar-refractivity contribution is 7.89. The molecule has 1 aromatic carbocycles. The van der Waals surface area contributed by atoms with E-state index >= 15 is 0 Å². The molecule has 0 bridgehead atoms. The van der Waals surface area contributed by atoms with Crippen molar-refractivity contribution < 1.29 is 27.9 Å². The van der Waals surface area contributed by atoms with E-state index in [1.165, 1.54) is 31.2 Å². The highest BCUT2D eigenvalue weighted by Gasteiger charge is 2.32. The third-order valence-electron chi connectivity index (χ3n) is 3.38. The minimum absolute atomic E-state index is 0.189. The number of ketones is 1. The summed E-state index contributed by atoms with van der Waals surface area (Å²) < 4.78 is 31.4. The van der Waals surface area contributed by atoms with Gasteiger partial charge in [0, 0.05) is 10.7 Å². The molecule has 0 fully saturated rings. The number of nitrogens with one attached hydrogen (secondary N) is 2. The number of nitrogens with zero attached hydrogens (tertiary/aromatic N) is 1. The first kappa shape index (κ1) is 22.7. The van der Waals surface area contributed by atoms with E-state index in [9.17, 15) is 23.1 Å². The highest BCUT2D eigenvalue weighted by Crippen LogP contribution is 2.15. The minimum atomic E-state index is -4.18. The van der Waals surface area contributed by atoms with E-state index in [0.717, 1.165) is 6.92 Å². The van der Waals surface area contributed by atoms with Crippen LogP contribution < -0.4 is 4.72 Å². The zero-order valence-electron chi connectivity index (χ0n) is 14.5. The molecule has 0 amide bonds. The van der Waals surface area contributed by atoms with Crippen LogP contribution >= 0.6 is 11.6 Å². The molecule has 11 heteroatoms. The lowest BCUT2D eigenvalue weighted by Crippen LogP contribution is -2.48. The first-order chi connectivity index (χ1) is 12.5. The smallest absolute Gasteiger partial charge is 0.327 e. The molecule has 0 aliphatic carbocycles. The number of esters is 1. The number of halogens is 1. The van der Waals surface area contributed by atoms with Crippen molar-refractivity contribution in [2.45, 2.75) is 30.9 Å². The fourth-order valence-corrected chi connectivity index (χ4v) is 3.30. The first-order valence-electron chi connectivity index (χ1n) is 7.59. The molecule has 1 rings (SSSR count). The third kappa shape index (κ3) is 6.41. The van der Waals surface area contributed by atoms with Crippen LogP contribution in [-0.4, -0.2) is 49.7 Å². The molecule has 9 nitrogen and oxygen atoms in total. The van der Waals surface area contributed by atoms with Crippen molar-refractivity contribution in [3.8, 4) is 6.07 Å². The molecule has 0 aromatic heterocycles. The number of rotatable bonds is 9. The summed E-state index contributed by atoms with van der Waals surface area (Å²) in [5.74, 6) is -3.40. The molecule has 27 heavy (non-hydrogen) atoms. The maximum atomic E-state index is 12.3. The highest BCUT2D eigenvalue weighted by atomic mass is 35.5. The number of aliphatic hydroxyl groups is 1. The fourth-order valence-electron chi connectivity index (χ4n) is 1.92. The second kappa shape index (κ2) is 9.57. The summed E-state index contributed by atoms with van der Waals surface area (Å²) in [5, 5.41) is 26.2. The van der Waals surface area contributed by atoms with Gasteiger partial charge < -0.3 is 15.3 Å². The van der Waals surface area contributed by atoms with Crippen LogP contribution in [0.5, 0.6) is 0 Å². The van der Waals surface area contributed by atoms with Crippen LogP contribution in [0.15, 0.2) is 29.2 Å². The quantitative estimate of drug-likeness (QED) is 0.394. The van der Waals surface area contributed by atoms with E-state index in [4.69, 9.17) is 27.0 Å². The van der Waals surface area contributed by atoms with E-state index in [1.54, 1.807) is 6.07 Å². The van der Waals surface area contributed by atoms with Gasteiger partial charge in [-0.3, -0.25) is 9.59 Å². The predicted octanol–water partition coefficient (Wildman–Crippen LogP) is 0.659. The van der Waals surface area contributed by atoms with Crippen LogP contribution in [0.1, 0.15) is 13.8 Å². The number of carbonyl (C=O) groups is 2. The van der Waals surface area contributed by atoms with Crippen molar-refractivity contribution in [3.05, 3.63) is 29.3 Å². The second-order valence-corrected chi connectivity index (χ2v) is 7.76. The Morgan fingerprint density at radius 3 is 2.37 bits per heavy atom. The molecule has 3 atom stereocenters. The molecular formula is C16H18ClN3O6S. The van der Waals surface area contributed by atoms with Gasteiger partial charge in [0.2, 0.25) is 10.0 Å². The van der Waals surface area contributed by atoms with Crippen molar-refractivity contribution in [2.75, 3.05) is 6.61 Å². The summed E-state index contributed by atoms with van der Waals surface area (Å²) in [7, 11) is -4.18. The maximum Gasteiger partial charge on any atom is 0.327 e. The molecule has 3 N–H and O–H groups in total. The van der Waals surface area contributed by atoms with Crippen LogP contribution in [-0.2, 0) is 24.3 Å². The Kier molecular flexibility index (Phi) is 8.05. The zero-order valence-corrected chi connectivity index (χ0v) is 16.0. The van der Waals surface area contributed by atoms with Crippen LogP contribution in [0.3, 0.4) is 0 Å². The van der Waals surface area contributed by atoms with Crippen molar-refractivity contribution in [2.24, 2.45) is 5.92 Å². The number of Topliss-reactive ketones (excluding diaryl/α,β-unsaturated/α-hetero) is 1. The number of benzene rings is 1. The lowest BCUT2D eigenvalue weighted by Gasteiger charge is -2.20. The van der Waals surface area contributed by atoms with Crippen LogP contribution in [0, 0.1) is 22.7 Å². The van der Waals surface area contributed by atoms with Gasteiger partial charge in [0.15, 0.2) is 12.4 Å². The normalized spacial score (nSPS) is 14.5. The number of ether oxygens (including phenoxy) is 1. The topological polar surface area (TPSA) is 157 Å². The summed E-state index contributed by atoms with van der Waals surface area (Å²) in [6.07, 6.45) is -1.47. The van der Waals surface area contributed by atoms with E-state index in [0.29, 0.717) is 5.02 Å². The predicted molar refractivity (Wildman–Crippen MR) is 95.7 cm³/mol. The number of sulfonamides is 1. The van der Waals surface area contributed by atoms with Gasteiger partial charge in [0.05, 0.1) is 17.1 Å². The average Bonchev–Trinajstić information content (AvgIpc) is 2.58. The van der Waals surface area contributed by atoms with Crippen molar-refractivity contribution in [1.29, 1.82) is 10.7 Å². The van der Waals surface area contributed by atoms with Crippen molar-refractivity contribution in [3.63, 3.8) is 0 Å². The largest absolute Gasteiger partial charge is 0.456 e. The van der Waals surface area contributed by atoms with Crippen molar-refractivity contribution in [1.82, 2.24) is 4.72 Å². The number of nitriles is 1. The summed E-state index contributed by atoms with van der Waals surface area (Å²) in [6.45, 7) is 1.59. The van der Waals surface area contributed by atoms with Crippen molar-refractivity contribution >= 4 is 39.1 Å². The standard InChI is InChI=1S/C16H18ClN3O6S/c1-9(19)13(7-18)14(22)8-26-16(23)15(10(2)21)20-27(24,25)12-5-3-11(17)4-6-12/h3-6,10,13,15,19-21H,8H2,1-2H3/t10-,13+,15+/m0/s1. The molecule has 0 radical (unpaired) electrons. The second-order valence-electron chi connectivity index (χ2n) is 5.61. The Bertz CT molecular complexity index is 861. The summed E-state index contributed by atoms with van der Waals surface area (Å²) in [6, 6.07) is 5.03. The SMILES string of the molecule is CC(=N)[C@@H](C#N)C(=O)COC(=O)[C@H](NS(=O)(=O)c1ccc(Cl)cc1)[C@H](C)O. The van der Waals surface area contributed by atoms with Crippen LogP contribution in [0.2, 0.25) is 5.02 Å². The number of hydrogen-bond donors (Lipinski definition) is 3. The van der Waals surface area contributed by atoms with Gasteiger partial charge in [-0.15, -0.1) is 0 Å². The molecule has 0 unspecified atom stereocenters. The van der Waals surface area contributed by atoms with Gasteiger partial charge >= 0.3 is 5.97 Å². The molecular weight excluding hydrogens is 398 g/mol. The molecule has 0 spiro atoms. The van der Waals surface area contributed by atoms with Gasteiger partial charge in [0.25, 0.3) is 0 Å². The maximum absolute atomic E-state index is 12.3. The third-order valence-corrected chi connectivity index (χ3v) is 5.09. The number of hydrogen-bond acceptors (Lipinski definition) is 8. The lowest BCUT2D eigenvalue weighted by atomic mass is 10.0. The fraction of sp³-hybridized carbons (Fsp3) is 0.375. The Balaban J connectivity index is 2.88. The summed E-state index contributed by atoms with van der Waals surface area (Å²) in [4.78, 5) is 23.7. The Hall–Kier alpha value is -2.32. The Labute approximate surface area is 161 Å². The Morgan fingerprint density at radius 1 is 1.37 bits per heavy atom. The monoisotopic (exact) mass is 415 g/mol. The van der Waals surface area contributed by atoms with Gasteiger partial charge in [-0.05, 0) is 38.1 Å².